The molecule has 0 saturated carbocycles. The molecule has 5 rings (SSSR count). The third kappa shape index (κ3) is 6.76. The Bertz CT molecular complexity index is 1690. The van der Waals surface area contributed by atoms with Gasteiger partial charge in [0.1, 0.15) is 15.3 Å². The van der Waals surface area contributed by atoms with E-state index >= 15 is 0 Å². The van der Waals surface area contributed by atoms with Crippen LogP contribution >= 0.6 is 11.3 Å². The lowest BCUT2D eigenvalue weighted by atomic mass is 10.1. The summed E-state index contributed by atoms with van der Waals surface area (Å²) in [7, 11) is 2.06. The van der Waals surface area contributed by atoms with Crippen LogP contribution in [0.1, 0.15) is 58.3 Å². The summed E-state index contributed by atoms with van der Waals surface area (Å²) in [6.07, 6.45) is 0.624. The Morgan fingerprint density at radius 1 is 1.02 bits per heavy atom. The van der Waals surface area contributed by atoms with Crippen molar-refractivity contribution in [2.75, 3.05) is 55.4 Å². The van der Waals surface area contributed by atoms with Crippen LogP contribution in [0.25, 0.3) is 10.2 Å². The van der Waals surface area contributed by atoms with E-state index in [2.05, 4.69) is 32.6 Å². The summed E-state index contributed by atoms with van der Waals surface area (Å²) in [5.41, 5.74) is 0.535. The molecule has 4 heterocycles. The molecule has 44 heavy (non-hydrogen) atoms. The zero-order chi connectivity index (χ0) is 31.6. The fourth-order valence-corrected chi connectivity index (χ4v) is 5.58. The maximum absolute atomic E-state index is 13.8. The van der Waals surface area contributed by atoms with E-state index in [1.807, 2.05) is 6.07 Å². The van der Waals surface area contributed by atoms with Crippen molar-refractivity contribution in [3.8, 4) is 0 Å². The smallest absolute Gasteiger partial charge is 0.436 e. The van der Waals surface area contributed by atoms with Gasteiger partial charge in [-0.05, 0) is 71.1 Å². The number of piperazine rings is 1. The summed E-state index contributed by atoms with van der Waals surface area (Å²) in [6, 6.07) is 9.83. The third-order valence-corrected chi connectivity index (χ3v) is 7.83. The van der Waals surface area contributed by atoms with Crippen molar-refractivity contribution in [2.24, 2.45) is 0 Å². The predicted octanol–water partition coefficient (Wildman–Crippen LogP) is 4.91. The lowest BCUT2D eigenvalue weighted by Gasteiger charge is -2.34. The summed E-state index contributed by atoms with van der Waals surface area (Å²) in [5, 5.41) is 10.2. The van der Waals surface area contributed by atoms with E-state index in [9.17, 15) is 19.2 Å². The highest BCUT2D eigenvalue weighted by molar-refractivity contribution is 7.20. The quantitative estimate of drug-likeness (QED) is 0.273. The number of benzene rings is 1. The number of nitrogens with one attached hydrogen (secondary N) is 2. The first-order valence-corrected chi connectivity index (χ1v) is 14.9. The molecule has 0 aliphatic carbocycles. The second-order valence-corrected chi connectivity index (χ2v) is 12.2. The second-order valence-electron chi connectivity index (χ2n) is 11.2. The van der Waals surface area contributed by atoms with Gasteiger partial charge in [-0.3, -0.25) is 9.59 Å². The van der Waals surface area contributed by atoms with Crippen LogP contribution in [0, 0.1) is 0 Å². The predicted molar refractivity (Wildman–Crippen MR) is 166 cm³/mol. The van der Waals surface area contributed by atoms with Gasteiger partial charge < -0.3 is 34.3 Å². The standard InChI is InChI=1S/C30H34N6O7S/c1-6-41-29(40)36-27-20(17-23(44-27)28(39)43-30(2,3)4)24(33-36)32-25(37)19-10-9-18(35-13-11-34(5)12-14-35)16-21(19)31-26(38)22-8-7-15-42-22/h7-10,15-17H,6,11-14H2,1-5H3,(H,31,38)(H,32,33,37). The second kappa shape index (κ2) is 12.5. The Labute approximate surface area is 257 Å². The molecule has 1 saturated heterocycles. The minimum atomic E-state index is -0.765. The molecule has 4 aromatic rings. The lowest BCUT2D eigenvalue weighted by molar-refractivity contribution is 0.00750. The minimum Gasteiger partial charge on any atom is -0.459 e. The first kappa shape index (κ1) is 30.8. The monoisotopic (exact) mass is 622 g/mol. The molecule has 14 heteroatoms. The zero-order valence-corrected chi connectivity index (χ0v) is 25.9. The van der Waals surface area contributed by atoms with Crippen molar-refractivity contribution in [1.82, 2.24) is 14.7 Å². The summed E-state index contributed by atoms with van der Waals surface area (Å²) < 4.78 is 16.9. The number of hydrogen-bond acceptors (Lipinski definition) is 11. The van der Waals surface area contributed by atoms with Crippen LogP contribution in [0.4, 0.5) is 22.0 Å². The Balaban J connectivity index is 1.49. The molecule has 1 aliphatic rings. The average Bonchev–Trinajstić information content (AvgIpc) is 3.71. The number of carbonyl (C=O) groups excluding carboxylic acids is 4. The molecular formula is C30H34N6O7S. The maximum atomic E-state index is 13.8. The van der Waals surface area contributed by atoms with Crippen LogP contribution in [0.5, 0.6) is 0 Å². The number of aromatic nitrogens is 2. The van der Waals surface area contributed by atoms with E-state index < -0.39 is 29.5 Å². The average molecular weight is 623 g/mol. The number of nitrogens with zero attached hydrogens (tertiary/aromatic N) is 4. The fourth-order valence-electron chi connectivity index (χ4n) is 4.60. The molecule has 1 fully saturated rings. The first-order chi connectivity index (χ1) is 20.9. The molecule has 0 spiro atoms. The normalized spacial score (nSPS) is 14.0. The van der Waals surface area contributed by atoms with Crippen molar-refractivity contribution in [3.05, 3.63) is 58.9 Å². The van der Waals surface area contributed by atoms with Crippen molar-refractivity contribution < 1.29 is 33.1 Å². The summed E-state index contributed by atoms with van der Waals surface area (Å²) in [5.74, 6) is -1.56. The Morgan fingerprint density at radius 2 is 1.77 bits per heavy atom. The van der Waals surface area contributed by atoms with Crippen molar-refractivity contribution in [2.45, 2.75) is 33.3 Å². The number of esters is 1. The van der Waals surface area contributed by atoms with E-state index in [1.165, 1.54) is 18.4 Å². The molecule has 2 amide bonds. The molecule has 13 nitrogen and oxygen atoms in total. The van der Waals surface area contributed by atoms with Gasteiger partial charge in [0, 0.05) is 31.9 Å². The highest BCUT2D eigenvalue weighted by Crippen LogP contribution is 2.34. The van der Waals surface area contributed by atoms with Gasteiger partial charge in [-0.15, -0.1) is 16.4 Å². The van der Waals surface area contributed by atoms with Crippen molar-refractivity contribution >= 4 is 62.6 Å². The van der Waals surface area contributed by atoms with Gasteiger partial charge in [-0.2, -0.15) is 4.68 Å². The number of rotatable bonds is 7. The lowest BCUT2D eigenvalue weighted by Crippen LogP contribution is -2.44. The number of hydrogen-bond donors (Lipinski definition) is 2. The van der Waals surface area contributed by atoms with E-state index in [0.717, 1.165) is 47.9 Å². The van der Waals surface area contributed by atoms with Gasteiger partial charge in [-0.25, -0.2) is 9.59 Å². The first-order valence-electron chi connectivity index (χ1n) is 14.1. The molecule has 0 radical (unpaired) electrons. The molecular weight excluding hydrogens is 588 g/mol. The van der Waals surface area contributed by atoms with Gasteiger partial charge >= 0.3 is 12.1 Å². The maximum Gasteiger partial charge on any atom is 0.436 e. The number of furan rings is 1. The number of fused-ring (bicyclic) bond motifs is 1. The molecule has 0 bridgehead atoms. The van der Waals surface area contributed by atoms with Crippen molar-refractivity contribution in [3.63, 3.8) is 0 Å². The number of ether oxygens (including phenoxy) is 2. The van der Waals surface area contributed by atoms with Gasteiger partial charge in [0.15, 0.2) is 11.6 Å². The topological polar surface area (TPSA) is 148 Å². The van der Waals surface area contributed by atoms with Crippen LogP contribution in [-0.2, 0) is 9.47 Å². The molecule has 2 N–H and O–H groups in total. The highest BCUT2D eigenvalue weighted by atomic mass is 32.1. The van der Waals surface area contributed by atoms with Gasteiger partial charge in [0.2, 0.25) is 0 Å². The van der Waals surface area contributed by atoms with Crippen LogP contribution in [0.3, 0.4) is 0 Å². The molecule has 3 aromatic heterocycles. The van der Waals surface area contributed by atoms with Gasteiger partial charge in [0.25, 0.3) is 11.8 Å². The highest BCUT2D eigenvalue weighted by Gasteiger charge is 2.27. The number of anilines is 3. The number of thiophene rings is 1. The summed E-state index contributed by atoms with van der Waals surface area (Å²) in [4.78, 5) is 57.2. The van der Waals surface area contributed by atoms with Gasteiger partial charge in [0.05, 0.1) is 29.5 Å². The van der Waals surface area contributed by atoms with E-state index in [-0.39, 0.29) is 34.3 Å². The molecule has 1 aliphatic heterocycles. The van der Waals surface area contributed by atoms with Crippen LogP contribution in [-0.4, -0.2) is 84.0 Å². The van der Waals surface area contributed by atoms with Crippen LogP contribution < -0.4 is 15.5 Å². The van der Waals surface area contributed by atoms with E-state index in [0.29, 0.717) is 10.2 Å². The van der Waals surface area contributed by atoms with E-state index in [4.69, 9.17) is 13.9 Å². The fraction of sp³-hybridized carbons (Fsp3) is 0.367. The summed E-state index contributed by atoms with van der Waals surface area (Å²) in [6.45, 7) is 10.3. The minimum absolute atomic E-state index is 0.0376. The van der Waals surface area contributed by atoms with Crippen LogP contribution in [0.15, 0.2) is 47.1 Å². The summed E-state index contributed by atoms with van der Waals surface area (Å²) >= 11 is 0.996. The Morgan fingerprint density at radius 3 is 2.43 bits per heavy atom. The molecule has 1 aromatic carbocycles. The number of amides is 2. The zero-order valence-electron chi connectivity index (χ0n) is 25.1. The van der Waals surface area contributed by atoms with Gasteiger partial charge in [-0.1, -0.05) is 0 Å². The SMILES string of the molecule is CCOC(=O)n1nc(NC(=O)c2ccc(N3CCN(C)CC3)cc2NC(=O)c2ccco2)c2cc(C(=O)OC(C)(C)C)sc21. The van der Waals surface area contributed by atoms with Crippen LogP contribution in [0.2, 0.25) is 0 Å². The molecule has 232 valence electrons. The largest absolute Gasteiger partial charge is 0.459 e. The Hall–Kier alpha value is -4.69. The number of likely N-dealkylation sites (N-methyl/N-ethyl adjacent to an activating group) is 1. The van der Waals surface area contributed by atoms with E-state index in [1.54, 1.807) is 45.9 Å². The Kier molecular flexibility index (Phi) is 8.74. The van der Waals surface area contributed by atoms with Crippen molar-refractivity contribution in [1.29, 1.82) is 0 Å². The molecule has 0 atom stereocenters. The number of carbonyl (C=O) groups is 4. The molecule has 0 unspecified atom stereocenters. The third-order valence-electron chi connectivity index (χ3n) is 6.74.